The molecule has 0 fully saturated rings. The van der Waals surface area contributed by atoms with E-state index in [4.69, 9.17) is 9.47 Å². The van der Waals surface area contributed by atoms with Crippen LogP contribution in [-0.4, -0.2) is 38.8 Å². The highest BCUT2D eigenvalue weighted by molar-refractivity contribution is 14.0. The molecular weight excluding hydrogens is 381 g/mol. The first-order valence-electron chi connectivity index (χ1n) is 7.02. The maximum Gasteiger partial charge on any atom is 0.191 e. The number of methoxy groups -OCH3 is 1. The summed E-state index contributed by atoms with van der Waals surface area (Å²) in [7, 11) is 1.65. The summed E-state index contributed by atoms with van der Waals surface area (Å²) >= 11 is 0. The largest absolute Gasteiger partial charge is 0.497 e. The van der Waals surface area contributed by atoms with E-state index < -0.39 is 0 Å². The number of rotatable bonds is 7. The van der Waals surface area contributed by atoms with Crippen molar-refractivity contribution in [2.24, 2.45) is 4.99 Å². The Kier molecular flexibility index (Phi) is 10.8. The van der Waals surface area contributed by atoms with E-state index in [2.05, 4.69) is 15.6 Å². The zero-order valence-electron chi connectivity index (χ0n) is 13.2. The van der Waals surface area contributed by atoms with Crippen LogP contribution in [0.3, 0.4) is 0 Å². The van der Waals surface area contributed by atoms with Crippen LogP contribution in [0.25, 0.3) is 0 Å². The lowest BCUT2D eigenvalue weighted by Crippen LogP contribution is -2.37. The first-order valence-corrected chi connectivity index (χ1v) is 7.02. The third kappa shape index (κ3) is 7.99. The predicted molar refractivity (Wildman–Crippen MR) is 98.2 cm³/mol. The Bertz CT molecular complexity index is 402. The second kappa shape index (κ2) is 11.5. The maximum atomic E-state index is 5.80. The van der Waals surface area contributed by atoms with Gasteiger partial charge in [0.1, 0.15) is 17.6 Å². The van der Waals surface area contributed by atoms with Gasteiger partial charge < -0.3 is 20.1 Å². The van der Waals surface area contributed by atoms with E-state index in [0.717, 1.165) is 30.5 Å². The van der Waals surface area contributed by atoms with Crippen molar-refractivity contribution < 1.29 is 9.47 Å². The molecule has 0 radical (unpaired) electrons. The van der Waals surface area contributed by atoms with Crippen LogP contribution in [0.2, 0.25) is 0 Å². The topological polar surface area (TPSA) is 54.9 Å². The highest BCUT2D eigenvalue weighted by Crippen LogP contribution is 2.18. The zero-order valence-corrected chi connectivity index (χ0v) is 15.5. The minimum Gasteiger partial charge on any atom is -0.497 e. The molecule has 0 amide bonds. The van der Waals surface area contributed by atoms with Crippen LogP contribution >= 0.6 is 24.0 Å². The van der Waals surface area contributed by atoms with Crippen molar-refractivity contribution >= 4 is 29.9 Å². The van der Waals surface area contributed by atoms with Crippen LogP contribution in [0, 0.1) is 0 Å². The van der Waals surface area contributed by atoms with Crippen LogP contribution in [0.1, 0.15) is 20.8 Å². The molecule has 0 aliphatic rings. The molecule has 2 N–H and O–H groups in total. The summed E-state index contributed by atoms with van der Waals surface area (Å²) in [5.74, 6) is 2.46. The van der Waals surface area contributed by atoms with E-state index in [9.17, 15) is 0 Å². The van der Waals surface area contributed by atoms with Crippen molar-refractivity contribution in [1.82, 2.24) is 10.6 Å². The van der Waals surface area contributed by atoms with Crippen molar-refractivity contribution in [2.75, 3.05) is 26.7 Å². The third-order valence-corrected chi connectivity index (χ3v) is 2.59. The van der Waals surface area contributed by atoms with Gasteiger partial charge >= 0.3 is 0 Å². The molecular formula is C15H26IN3O2. The molecule has 120 valence electrons. The van der Waals surface area contributed by atoms with E-state index >= 15 is 0 Å². The first-order chi connectivity index (χ1) is 9.69. The van der Waals surface area contributed by atoms with E-state index in [-0.39, 0.29) is 30.1 Å². The summed E-state index contributed by atoms with van der Waals surface area (Å²) in [5, 5.41) is 6.37. The highest BCUT2D eigenvalue weighted by Gasteiger charge is 2.04. The molecule has 5 nitrogen and oxygen atoms in total. The lowest BCUT2D eigenvalue weighted by Gasteiger charge is -2.14. The second-order valence-electron chi connectivity index (χ2n) is 4.35. The van der Waals surface area contributed by atoms with Gasteiger partial charge in [0.05, 0.1) is 13.7 Å². The molecule has 0 aliphatic carbocycles. The SMILES string of the molecule is CCNC(=NCC(C)Oc1ccc(OC)cc1)NCC.I. The van der Waals surface area contributed by atoms with Gasteiger partial charge in [0.15, 0.2) is 5.96 Å². The Hall–Kier alpha value is -1.18. The van der Waals surface area contributed by atoms with E-state index in [0.29, 0.717) is 6.54 Å². The van der Waals surface area contributed by atoms with Crippen molar-refractivity contribution in [1.29, 1.82) is 0 Å². The van der Waals surface area contributed by atoms with Gasteiger partial charge in [-0.15, -0.1) is 24.0 Å². The number of ether oxygens (including phenoxy) is 2. The number of benzene rings is 1. The Balaban J connectivity index is 0.00000400. The monoisotopic (exact) mass is 407 g/mol. The number of hydrogen-bond donors (Lipinski definition) is 2. The third-order valence-electron chi connectivity index (χ3n) is 2.59. The van der Waals surface area contributed by atoms with E-state index in [1.165, 1.54) is 0 Å². The van der Waals surface area contributed by atoms with Crippen LogP contribution in [0.4, 0.5) is 0 Å². The second-order valence-corrected chi connectivity index (χ2v) is 4.35. The Labute approximate surface area is 144 Å². The smallest absolute Gasteiger partial charge is 0.191 e. The fourth-order valence-electron chi connectivity index (χ4n) is 1.65. The number of nitrogens with zero attached hydrogens (tertiary/aromatic N) is 1. The molecule has 0 bridgehead atoms. The Morgan fingerprint density at radius 3 is 2.10 bits per heavy atom. The van der Waals surface area contributed by atoms with Gasteiger partial charge in [0.2, 0.25) is 0 Å². The van der Waals surface area contributed by atoms with E-state index in [1.807, 2.05) is 45.0 Å². The average Bonchev–Trinajstić information content (AvgIpc) is 2.46. The average molecular weight is 407 g/mol. The molecule has 1 aromatic carbocycles. The standard InChI is InChI=1S/C15H25N3O2.HI/c1-5-16-15(17-6-2)18-11-12(3)20-14-9-7-13(19-4)8-10-14;/h7-10,12H,5-6,11H2,1-4H3,(H2,16,17,18);1H. The zero-order chi connectivity index (χ0) is 14.8. The number of guanidine groups is 1. The fraction of sp³-hybridized carbons (Fsp3) is 0.533. The van der Waals surface area contributed by atoms with Gasteiger partial charge in [0.25, 0.3) is 0 Å². The number of halogens is 1. The Morgan fingerprint density at radius 2 is 1.62 bits per heavy atom. The summed E-state index contributed by atoms with van der Waals surface area (Å²) in [6.45, 7) is 8.39. The van der Waals surface area contributed by atoms with Gasteiger partial charge in [-0.05, 0) is 45.0 Å². The van der Waals surface area contributed by atoms with E-state index in [1.54, 1.807) is 7.11 Å². The quantitative estimate of drug-likeness (QED) is 0.415. The highest BCUT2D eigenvalue weighted by atomic mass is 127. The summed E-state index contributed by atoms with van der Waals surface area (Å²) in [4.78, 5) is 4.48. The van der Waals surface area contributed by atoms with Crippen molar-refractivity contribution in [3.05, 3.63) is 24.3 Å². The van der Waals surface area contributed by atoms with Gasteiger partial charge in [0, 0.05) is 13.1 Å². The van der Waals surface area contributed by atoms with Gasteiger partial charge in [-0.2, -0.15) is 0 Å². The molecule has 21 heavy (non-hydrogen) atoms. The van der Waals surface area contributed by atoms with Crippen LogP contribution in [-0.2, 0) is 0 Å². The van der Waals surface area contributed by atoms with Crippen LogP contribution in [0.5, 0.6) is 11.5 Å². The number of hydrogen-bond acceptors (Lipinski definition) is 3. The molecule has 0 aromatic heterocycles. The molecule has 0 aliphatic heterocycles. The molecule has 1 rings (SSSR count). The van der Waals surface area contributed by atoms with Crippen molar-refractivity contribution in [3.63, 3.8) is 0 Å². The maximum absolute atomic E-state index is 5.80. The van der Waals surface area contributed by atoms with Gasteiger partial charge in [-0.25, -0.2) is 4.99 Å². The van der Waals surface area contributed by atoms with Gasteiger partial charge in [-0.1, -0.05) is 0 Å². The van der Waals surface area contributed by atoms with Crippen molar-refractivity contribution in [2.45, 2.75) is 26.9 Å². The lowest BCUT2D eigenvalue weighted by atomic mass is 10.3. The summed E-state index contributed by atoms with van der Waals surface area (Å²) in [5.41, 5.74) is 0. The molecule has 6 heteroatoms. The summed E-state index contributed by atoms with van der Waals surface area (Å²) < 4.78 is 10.9. The summed E-state index contributed by atoms with van der Waals surface area (Å²) in [6, 6.07) is 7.56. The van der Waals surface area contributed by atoms with Gasteiger partial charge in [-0.3, -0.25) is 0 Å². The molecule has 1 aromatic rings. The molecule has 0 saturated heterocycles. The van der Waals surface area contributed by atoms with Crippen LogP contribution < -0.4 is 20.1 Å². The molecule has 0 spiro atoms. The molecule has 1 atom stereocenters. The Morgan fingerprint density at radius 1 is 1.10 bits per heavy atom. The predicted octanol–water partition coefficient (Wildman–Crippen LogP) is 2.66. The summed E-state index contributed by atoms with van der Waals surface area (Å²) in [6.07, 6.45) is 0.00991. The minimum atomic E-state index is 0. The normalized spacial score (nSPS) is 10.9. The van der Waals surface area contributed by atoms with Crippen LogP contribution in [0.15, 0.2) is 29.3 Å². The first kappa shape index (κ1) is 19.8. The minimum absolute atomic E-state index is 0. The molecule has 0 heterocycles. The number of aliphatic imine (C=N–C) groups is 1. The molecule has 1 unspecified atom stereocenters. The fourth-order valence-corrected chi connectivity index (χ4v) is 1.65. The lowest BCUT2D eigenvalue weighted by molar-refractivity contribution is 0.230. The number of nitrogens with one attached hydrogen (secondary N) is 2. The molecule has 0 saturated carbocycles. The van der Waals surface area contributed by atoms with Crippen molar-refractivity contribution in [3.8, 4) is 11.5 Å².